The summed E-state index contributed by atoms with van der Waals surface area (Å²) in [5.74, 6) is -1.41. The fourth-order valence-corrected chi connectivity index (χ4v) is 1.87. The van der Waals surface area contributed by atoms with Gasteiger partial charge in [-0.25, -0.2) is 4.79 Å². The quantitative estimate of drug-likeness (QED) is 0.781. The number of rotatable bonds is 3. The van der Waals surface area contributed by atoms with Gasteiger partial charge in [0.1, 0.15) is 11.6 Å². The average Bonchev–Trinajstić information content (AvgIpc) is 2.86. The van der Waals surface area contributed by atoms with Gasteiger partial charge in [0.05, 0.1) is 0 Å². The van der Waals surface area contributed by atoms with Crippen LogP contribution in [0, 0.1) is 0 Å². The second-order valence-electron chi connectivity index (χ2n) is 3.26. The van der Waals surface area contributed by atoms with Gasteiger partial charge in [0.2, 0.25) is 5.13 Å². The van der Waals surface area contributed by atoms with Crippen molar-refractivity contribution in [3.05, 3.63) is 5.51 Å². The fourth-order valence-electron chi connectivity index (χ4n) is 1.43. The maximum atomic E-state index is 11.6. The molecule has 1 aromatic heterocycles. The van der Waals surface area contributed by atoms with Crippen molar-refractivity contribution in [2.45, 2.75) is 25.0 Å². The lowest BCUT2D eigenvalue weighted by Crippen LogP contribution is -2.29. The molecule has 0 aliphatic carbocycles. The molecule has 7 nitrogen and oxygen atoms in total. The maximum absolute atomic E-state index is 11.6. The van der Waals surface area contributed by atoms with Gasteiger partial charge in [-0.1, -0.05) is 11.3 Å². The first kappa shape index (κ1) is 11.0. The van der Waals surface area contributed by atoms with Crippen molar-refractivity contribution in [1.82, 2.24) is 10.2 Å². The Morgan fingerprint density at radius 1 is 1.50 bits per heavy atom. The Hall–Kier alpha value is -1.54. The van der Waals surface area contributed by atoms with Crippen LogP contribution in [0.4, 0.5) is 5.13 Å². The number of carbonyl (C=O) groups is 2. The highest BCUT2D eigenvalue weighted by Crippen LogP contribution is 2.21. The number of aliphatic carboxylic acids is 1. The van der Waals surface area contributed by atoms with Crippen LogP contribution in [0.1, 0.15) is 12.8 Å². The van der Waals surface area contributed by atoms with E-state index in [-0.39, 0.29) is 5.91 Å². The molecule has 1 saturated heterocycles. The highest BCUT2D eigenvalue weighted by molar-refractivity contribution is 7.13. The summed E-state index contributed by atoms with van der Waals surface area (Å²) in [5, 5.41) is 18.8. The van der Waals surface area contributed by atoms with Crippen LogP contribution in [0.15, 0.2) is 5.51 Å². The van der Waals surface area contributed by atoms with Gasteiger partial charge in [0.15, 0.2) is 6.10 Å². The van der Waals surface area contributed by atoms with Crippen LogP contribution in [-0.4, -0.2) is 39.4 Å². The van der Waals surface area contributed by atoms with Crippen LogP contribution >= 0.6 is 11.3 Å². The third kappa shape index (κ3) is 2.34. The van der Waals surface area contributed by atoms with Gasteiger partial charge in [0.25, 0.3) is 5.91 Å². The summed E-state index contributed by atoms with van der Waals surface area (Å²) >= 11 is 1.19. The van der Waals surface area contributed by atoms with E-state index in [1.165, 1.54) is 16.8 Å². The van der Waals surface area contributed by atoms with E-state index in [1.54, 1.807) is 0 Å². The monoisotopic (exact) mass is 243 g/mol. The van der Waals surface area contributed by atoms with Gasteiger partial charge in [-0.3, -0.25) is 10.1 Å². The van der Waals surface area contributed by atoms with Gasteiger partial charge >= 0.3 is 5.97 Å². The van der Waals surface area contributed by atoms with Gasteiger partial charge < -0.3 is 9.84 Å². The summed E-state index contributed by atoms with van der Waals surface area (Å²) in [6, 6.07) is 0. The second-order valence-corrected chi connectivity index (χ2v) is 4.10. The summed E-state index contributed by atoms with van der Waals surface area (Å²) in [5.41, 5.74) is 1.49. The first-order valence-corrected chi connectivity index (χ1v) is 5.50. The molecular weight excluding hydrogens is 234 g/mol. The molecule has 1 aliphatic heterocycles. The van der Waals surface area contributed by atoms with Crippen molar-refractivity contribution in [3.63, 3.8) is 0 Å². The number of hydrogen-bond acceptors (Lipinski definition) is 6. The van der Waals surface area contributed by atoms with E-state index in [1.807, 2.05) is 0 Å². The summed E-state index contributed by atoms with van der Waals surface area (Å²) < 4.78 is 5.08. The molecule has 86 valence electrons. The number of aromatic nitrogens is 2. The van der Waals surface area contributed by atoms with E-state index in [4.69, 9.17) is 9.84 Å². The zero-order valence-corrected chi connectivity index (χ0v) is 8.94. The van der Waals surface area contributed by atoms with Crippen molar-refractivity contribution in [1.29, 1.82) is 0 Å². The topological polar surface area (TPSA) is 101 Å². The van der Waals surface area contributed by atoms with Crippen LogP contribution in [0.2, 0.25) is 0 Å². The fraction of sp³-hybridized carbons (Fsp3) is 0.500. The van der Waals surface area contributed by atoms with Crippen molar-refractivity contribution in [2.75, 3.05) is 5.32 Å². The van der Waals surface area contributed by atoms with E-state index in [9.17, 15) is 9.59 Å². The molecule has 2 N–H and O–H groups in total. The summed E-state index contributed by atoms with van der Waals surface area (Å²) in [7, 11) is 0. The molecule has 2 atom stereocenters. The molecule has 0 saturated carbocycles. The highest BCUT2D eigenvalue weighted by atomic mass is 32.1. The lowest BCUT2D eigenvalue weighted by atomic mass is 10.2. The average molecular weight is 243 g/mol. The number of nitrogens with one attached hydrogen (secondary N) is 1. The molecule has 0 radical (unpaired) electrons. The molecule has 0 aromatic carbocycles. The number of carbonyl (C=O) groups excluding carboxylic acids is 1. The normalized spacial score (nSPS) is 24.2. The van der Waals surface area contributed by atoms with Crippen molar-refractivity contribution in [3.8, 4) is 0 Å². The summed E-state index contributed by atoms with van der Waals surface area (Å²) in [6.07, 6.45) is -0.847. The first-order chi connectivity index (χ1) is 7.66. The smallest absolute Gasteiger partial charge is 0.332 e. The molecule has 0 bridgehead atoms. The largest absolute Gasteiger partial charge is 0.479 e. The van der Waals surface area contributed by atoms with Gasteiger partial charge in [-0.15, -0.1) is 10.2 Å². The number of nitrogens with zero attached hydrogens (tertiary/aromatic N) is 2. The Labute approximate surface area is 94.4 Å². The molecule has 1 fully saturated rings. The van der Waals surface area contributed by atoms with E-state index in [2.05, 4.69) is 15.5 Å². The number of anilines is 1. The minimum atomic E-state index is -1.04. The first-order valence-electron chi connectivity index (χ1n) is 4.62. The van der Waals surface area contributed by atoms with E-state index >= 15 is 0 Å². The number of amides is 1. The number of carboxylic acid groups (broad SMARTS) is 1. The van der Waals surface area contributed by atoms with Crippen molar-refractivity contribution < 1.29 is 19.4 Å². The zero-order valence-electron chi connectivity index (χ0n) is 8.12. The van der Waals surface area contributed by atoms with Gasteiger partial charge in [-0.2, -0.15) is 0 Å². The molecule has 16 heavy (non-hydrogen) atoms. The second kappa shape index (κ2) is 4.54. The SMILES string of the molecule is O=C(Nc1nncs1)[C@@H]1CC[C@H](C(=O)O)O1. The van der Waals surface area contributed by atoms with Crippen molar-refractivity contribution >= 4 is 28.3 Å². The summed E-state index contributed by atoms with van der Waals surface area (Å²) in [4.78, 5) is 22.2. The minimum Gasteiger partial charge on any atom is -0.479 e. The lowest BCUT2D eigenvalue weighted by Gasteiger charge is -2.09. The van der Waals surface area contributed by atoms with Gasteiger partial charge in [-0.05, 0) is 12.8 Å². The third-order valence-electron chi connectivity index (χ3n) is 2.18. The molecule has 1 aromatic rings. The predicted molar refractivity (Wildman–Crippen MR) is 54.1 cm³/mol. The lowest BCUT2D eigenvalue weighted by molar-refractivity contribution is -0.150. The number of carboxylic acids is 1. The molecular formula is C8H9N3O4S. The van der Waals surface area contributed by atoms with Crippen molar-refractivity contribution in [2.24, 2.45) is 0 Å². The van der Waals surface area contributed by atoms with Crippen LogP contribution in [0.3, 0.4) is 0 Å². The third-order valence-corrected chi connectivity index (χ3v) is 2.78. The molecule has 0 spiro atoms. The van der Waals surface area contributed by atoms with Crippen LogP contribution in [0.5, 0.6) is 0 Å². The number of ether oxygens (including phenoxy) is 1. The number of hydrogen-bond donors (Lipinski definition) is 2. The standard InChI is InChI=1S/C8H9N3O4S/c12-6(10-8-11-9-3-16-8)4-1-2-5(15-4)7(13)14/h3-5H,1-2H2,(H,13,14)(H,10,11,12)/t4-,5+/m0/s1. The Kier molecular flexibility index (Phi) is 3.11. The van der Waals surface area contributed by atoms with E-state index < -0.39 is 18.2 Å². The zero-order chi connectivity index (χ0) is 11.5. The van der Waals surface area contributed by atoms with Crippen LogP contribution in [-0.2, 0) is 14.3 Å². The molecule has 8 heteroatoms. The molecule has 0 unspecified atom stereocenters. The maximum Gasteiger partial charge on any atom is 0.332 e. The Morgan fingerprint density at radius 2 is 2.25 bits per heavy atom. The van der Waals surface area contributed by atoms with Crippen LogP contribution < -0.4 is 5.32 Å². The molecule has 2 rings (SSSR count). The van der Waals surface area contributed by atoms with E-state index in [0.29, 0.717) is 18.0 Å². The predicted octanol–water partition coefficient (Wildman–Crippen LogP) is 0.109. The van der Waals surface area contributed by atoms with Gasteiger partial charge in [0, 0.05) is 0 Å². The summed E-state index contributed by atoms with van der Waals surface area (Å²) in [6.45, 7) is 0. The molecule has 1 aliphatic rings. The Balaban J connectivity index is 1.90. The highest BCUT2D eigenvalue weighted by Gasteiger charge is 2.34. The Bertz CT molecular complexity index is 394. The molecule has 2 heterocycles. The Morgan fingerprint density at radius 3 is 2.81 bits per heavy atom. The minimum absolute atomic E-state index is 0.351. The van der Waals surface area contributed by atoms with Crippen LogP contribution in [0.25, 0.3) is 0 Å². The van der Waals surface area contributed by atoms with E-state index in [0.717, 1.165) is 0 Å². The molecule has 1 amide bonds.